The quantitative estimate of drug-likeness (QED) is 0.914. The van der Waals surface area contributed by atoms with Crippen LogP contribution in [0.15, 0.2) is 10.6 Å². The summed E-state index contributed by atoms with van der Waals surface area (Å²) >= 11 is 1.58. The van der Waals surface area contributed by atoms with Gasteiger partial charge < -0.3 is 14.6 Å². The molecule has 0 unspecified atom stereocenters. The molecule has 1 N–H and O–H groups in total. The van der Waals surface area contributed by atoms with Gasteiger partial charge in [0.15, 0.2) is 5.13 Å². The third-order valence-electron chi connectivity index (χ3n) is 3.19. The van der Waals surface area contributed by atoms with Crippen LogP contribution in [-0.2, 0) is 24.1 Å². The Balaban J connectivity index is 1.51. The van der Waals surface area contributed by atoms with E-state index in [0.717, 1.165) is 18.5 Å². The molecule has 0 aromatic carbocycles. The average Bonchev–Trinajstić information content (AvgIpc) is 3.11. The van der Waals surface area contributed by atoms with Crippen molar-refractivity contribution in [1.82, 2.24) is 10.1 Å². The number of nitrogens with zero attached hydrogens (tertiary/aromatic N) is 2. The first-order chi connectivity index (χ1) is 9.74. The number of thiazole rings is 1. The summed E-state index contributed by atoms with van der Waals surface area (Å²) in [5.41, 5.74) is 1.14. The van der Waals surface area contributed by atoms with Crippen molar-refractivity contribution in [3.8, 4) is 5.88 Å². The fourth-order valence-electron chi connectivity index (χ4n) is 2.17. The Kier molecular flexibility index (Phi) is 3.68. The molecule has 7 heteroatoms. The van der Waals surface area contributed by atoms with Crippen molar-refractivity contribution in [2.45, 2.75) is 32.1 Å². The van der Waals surface area contributed by atoms with E-state index in [1.54, 1.807) is 17.4 Å². The molecule has 0 atom stereocenters. The van der Waals surface area contributed by atoms with Gasteiger partial charge in [-0.15, -0.1) is 11.3 Å². The first-order valence-corrected chi connectivity index (χ1v) is 7.34. The standard InChI is InChI=1S/C13H15N3O3S/c1-18-12-7-8(19-16-12)5-6-11(17)15-13-14-9-3-2-4-10(9)20-13/h7H,2-6H2,1H3,(H,14,15,17). The highest BCUT2D eigenvalue weighted by atomic mass is 32.1. The topological polar surface area (TPSA) is 77.2 Å². The van der Waals surface area contributed by atoms with Crippen molar-refractivity contribution < 1.29 is 14.1 Å². The Labute approximate surface area is 120 Å². The van der Waals surface area contributed by atoms with E-state index in [2.05, 4.69) is 15.5 Å². The van der Waals surface area contributed by atoms with Crippen LogP contribution in [0.2, 0.25) is 0 Å². The molecule has 2 heterocycles. The average molecular weight is 293 g/mol. The van der Waals surface area contributed by atoms with E-state index < -0.39 is 0 Å². The minimum absolute atomic E-state index is 0.0622. The summed E-state index contributed by atoms with van der Waals surface area (Å²) in [4.78, 5) is 17.6. The predicted octanol–water partition coefficient (Wildman–Crippen LogP) is 2.20. The summed E-state index contributed by atoms with van der Waals surface area (Å²) in [6.07, 6.45) is 4.12. The molecule has 1 aliphatic carbocycles. The summed E-state index contributed by atoms with van der Waals surface area (Å²) in [7, 11) is 1.52. The number of methoxy groups -OCH3 is 1. The lowest BCUT2D eigenvalue weighted by atomic mass is 10.2. The molecule has 0 fully saturated rings. The summed E-state index contributed by atoms with van der Waals surface area (Å²) in [5, 5.41) is 7.23. The van der Waals surface area contributed by atoms with E-state index in [1.807, 2.05) is 0 Å². The first kappa shape index (κ1) is 13.1. The van der Waals surface area contributed by atoms with E-state index >= 15 is 0 Å². The van der Waals surface area contributed by atoms with Gasteiger partial charge in [0.25, 0.3) is 5.88 Å². The molecule has 3 rings (SSSR count). The Morgan fingerprint density at radius 2 is 2.45 bits per heavy atom. The van der Waals surface area contributed by atoms with Crippen LogP contribution in [0.25, 0.3) is 0 Å². The van der Waals surface area contributed by atoms with Crippen molar-refractivity contribution in [3.05, 3.63) is 22.4 Å². The summed E-state index contributed by atoms with van der Waals surface area (Å²) in [6, 6.07) is 1.69. The number of rotatable bonds is 5. The number of aromatic nitrogens is 2. The van der Waals surface area contributed by atoms with Crippen LogP contribution in [0.1, 0.15) is 29.2 Å². The van der Waals surface area contributed by atoms with Gasteiger partial charge in [-0.2, -0.15) is 0 Å². The lowest BCUT2D eigenvalue weighted by Crippen LogP contribution is -2.12. The molecule has 106 valence electrons. The minimum atomic E-state index is -0.0622. The van der Waals surface area contributed by atoms with Gasteiger partial charge in [0.1, 0.15) is 5.76 Å². The summed E-state index contributed by atoms with van der Waals surface area (Å²) < 4.78 is 9.96. The predicted molar refractivity (Wildman–Crippen MR) is 74.1 cm³/mol. The second kappa shape index (κ2) is 5.62. The van der Waals surface area contributed by atoms with Crippen molar-refractivity contribution >= 4 is 22.4 Å². The molecule has 0 aliphatic heterocycles. The Bertz CT molecular complexity index is 599. The van der Waals surface area contributed by atoms with Gasteiger partial charge in [0.2, 0.25) is 5.91 Å². The zero-order chi connectivity index (χ0) is 13.9. The zero-order valence-corrected chi connectivity index (χ0v) is 12.0. The lowest BCUT2D eigenvalue weighted by molar-refractivity contribution is -0.116. The van der Waals surface area contributed by atoms with Crippen molar-refractivity contribution in [2.24, 2.45) is 0 Å². The monoisotopic (exact) mass is 293 g/mol. The van der Waals surface area contributed by atoms with Gasteiger partial charge in [-0.25, -0.2) is 4.98 Å². The van der Waals surface area contributed by atoms with Crippen LogP contribution in [0.4, 0.5) is 5.13 Å². The third-order valence-corrected chi connectivity index (χ3v) is 4.26. The number of hydrogen-bond donors (Lipinski definition) is 1. The normalized spacial score (nSPS) is 13.2. The molecule has 0 spiro atoms. The molecule has 0 radical (unpaired) electrons. The number of anilines is 1. The highest BCUT2D eigenvalue weighted by Gasteiger charge is 2.17. The number of hydrogen-bond acceptors (Lipinski definition) is 6. The van der Waals surface area contributed by atoms with E-state index in [1.165, 1.54) is 18.4 Å². The number of carbonyl (C=O) groups is 1. The second-order valence-corrected chi connectivity index (χ2v) is 5.71. The number of amides is 1. The van der Waals surface area contributed by atoms with Gasteiger partial charge in [-0.1, -0.05) is 0 Å². The van der Waals surface area contributed by atoms with Crippen LogP contribution in [0.5, 0.6) is 5.88 Å². The van der Waals surface area contributed by atoms with E-state index in [9.17, 15) is 4.79 Å². The molecule has 0 saturated carbocycles. The Morgan fingerprint density at radius 3 is 3.20 bits per heavy atom. The summed E-state index contributed by atoms with van der Waals surface area (Å²) in [5.74, 6) is 1.00. The molecule has 2 aromatic rings. The van der Waals surface area contributed by atoms with E-state index in [-0.39, 0.29) is 5.91 Å². The third kappa shape index (κ3) is 2.82. The number of nitrogens with one attached hydrogen (secondary N) is 1. The minimum Gasteiger partial charge on any atom is -0.479 e. The van der Waals surface area contributed by atoms with Crippen molar-refractivity contribution in [3.63, 3.8) is 0 Å². The van der Waals surface area contributed by atoms with Crippen LogP contribution >= 0.6 is 11.3 Å². The van der Waals surface area contributed by atoms with Crippen LogP contribution in [-0.4, -0.2) is 23.2 Å². The van der Waals surface area contributed by atoms with Gasteiger partial charge in [0.05, 0.1) is 12.8 Å². The highest BCUT2D eigenvalue weighted by Crippen LogP contribution is 2.30. The van der Waals surface area contributed by atoms with Crippen molar-refractivity contribution in [2.75, 3.05) is 12.4 Å². The second-order valence-electron chi connectivity index (χ2n) is 4.63. The molecule has 20 heavy (non-hydrogen) atoms. The van der Waals surface area contributed by atoms with E-state index in [4.69, 9.17) is 9.26 Å². The molecule has 2 aromatic heterocycles. The Hall–Kier alpha value is -1.89. The maximum absolute atomic E-state index is 11.9. The fourth-order valence-corrected chi connectivity index (χ4v) is 3.24. The first-order valence-electron chi connectivity index (χ1n) is 6.52. The molecule has 1 amide bonds. The maximum Gasteiger partial charge on any atom is 0.254 e. The van der Waals surface area contributed by atoms with Crippen LogP contribution in [0.3, 0.4) is 0 Å². The highest BCUT2D eigenvalue weighted by molar-refractivity contribution is 7.15. The van der Waals surface area contributed by atoms with Gasteiger partial charge in [0, 0.05) is 23.8 Å². The lowest BCUT2D eigenvalue weighted by Gasteiger charge is -1.99. The van der Waals surface area contributed by atoms with Gasteiger partial charge >= 0.3 is 0 Å². The maximum atomic E-state index is 11.9. The molecule has 6 nitrogen and oxygen atoms in total. The Morgan fingerprint density at radius 1 is 1.55 bits per heavy atom. The largest absolute Gasteiger partial charge is 0.479 e. The molecule has 0 saturated heterocycles. The smallest absolute Gasteiger partial charge is 0.254 e. The number of aryl methyl sites for hydroxylation is 3. The molecular weight excluding hydrogens is 278 g/mol. The van der Waals surface area contributed by atoms with Crippen molar-refractivity contribution in [1.29, 1.82) is 0 Å². The number of carbonyl (C=O) groups excluding carboxylic acids is 1. The molecular formula is C13H15N3O3S. The van der Waals surface area contributed by atoms with Crippen LogP contribution in [0, 0.1) is 0 Å². The molecule has 1 aliphatic rings. The number of ether oxygens (including phenoxy) is 1. The summed E-state index contributed by atoms with van der Waals surface area (Å²) in [6.45, 7) is 0. The van der Waals surface area contributed by atoms with Gasteiger partial charge in [-0.05, 0) is 24.4 Å². The number of fused-ring (bicyclic) bond motifs is 1. The SMILES string of the molecule is COc1cc(CCC(=O)Nc2nc3c(s2)CCC3)on1. The fraction of sp³-hybridized carbons (Fsp3) is 0.462. The molecule has 0 bridgehead atoms. The van der Waals surface area contributed by atoms with Crippen LogP contribution < -0.4 is 10.1 Å². The van der Waals surface area contributed by atoms with E-state index in [0.29, 0.717) is 29.6 Å². The zero-order valence-electron chi connectivity index (χ0n) is 11.1. The van der Waals surface area contributed by atoms with Gasteiger partial charge in [-0.3, -0.25) is 4.79 Å².